The lowest BCUT2D eigenvalue weighted by Crippen LogP contribution is -2.52. The van der Waals surface area contributed by atoms with Crippen LogP contribution in [0.25, 0.3) is 0 Å². The molecule has 1 atom stereocenters. The molecule has 3 aromatic carbocycles. The Morgan fingerprint density at radius 1 is 0.895 bits per heavy atom. The number of carbonyl (C=O) groups is 2. The third-order valence-corrected chi connectivity index (χ3v) is 8.04. The molecule has 3 rings (SSSR count). The van der Waals surface area contributed by atoms with E-state index in [-0.39, 0.29) is 23.4 Å². The quantitative estimate of drug-likeness (QED) is 0.377. The molecule has 38 heavy (non-hydrogen) atoms. The maximum Gasteiger partial charge on any atom is 0.264 e. The standard InChI is InChI=1S/C29H34ClN3O4S/c1-20(2)31-29(35)23(5)32(18-24-10-6-8-21(3)16-24)28(34)19-33(26-11-7-9-22(4)17-26)38(36,37)27-14-12-25(30)13-15-27/h6-17,20,23H,18-19H2,1-5H3,(H,31,35)/t23-/m0/s1. The summed E-state index contributed by atoms with van der Waals surface area (Å²) in [7, 11) is -4.13. The first kappa shape index (κ1) is 29.2. The van der Waals surface area contributed by atoms with Gasteiger partial charge in [0.05, 0.1) is 10.6 Å². The molecule has 7 nitrogen and oxygen atoms in total. The molecule has 0 radical (unpaired) electrons. The first-order valence-electron chi connectivity index (χ1n) is 12.4. The van der Waals surface area contributed by atoms with Crippen LogP contribution in [0.15, 0.2) is 77.7 Å². The molecular weight excluding hydrogens is 522 g/mol. The number of aryl methyl sites for hydroxylation is 2. The molecule has 9 heteroatoms. The molecule has 2 amide bonds. The molecule has 1 N–H and O–H groups in total. The molecule has 0 aliphatic heterocycles. The van der Waals surface area contributed by atoms with E-state index < -0.39 is 28.5 Å². The molecule has 0 heterocycles. The second-order valence-corrected chi connectivity index (χ2v) is 12.0. The van der Waals surface area contributed by atoms with Gasteiger partial charge in [0.2, 0.25) is 11.8 Å². The van der Waals surface area contributed by atoms with Crippen LogP contribution in [-0.2, 0) is 26.2 Å². The van der Waals surface area contributed by atoms with E-state index in [1.165, 1.54) is 29.2 Å². The Kier molecular flexibility index (Phi) is 9.57. The predicted molar refractivity (Wildman–Crippen MR) is 152 cm³/mol. The minimum Gasteiger partial charge on any atom is -0.352 e. The zero-order chi connectivity index (χ0) is 28.0. The summed E-state index contributed by atoms with van der Waals surface area (Å²) in [6.45, 7) is 8.79. The maximum absolute atomic E-state index is 13.9. The van der Waals surface area contributed by atoms with Gasteiger partial charge < -0.3 is 10.2 Å². The zero-order valence-electron chi connectivity index (χ0n) is 22.3. The van der Waals surface area contributed by atoms with Gasteiger partial charge in [-0.25, -0.2) is 8.42 Å². The number of nitrogens with zero attached hydrogens (tertiary/aromatic N) is 2. The number of halogens is 1. The summed E-state index contributed by atoms with van der Waals surface area (Å²) in [5, 5.41) is 3.25. The molecule has 0 aliphatic rings. The molecule has 0 bridgehead atoms. The van der Waals surface area contributed by atoms with Crippen LogP contribution in [0.3, 0.4) is 0 Å². The van der Waals surface area contributed by atoms with Crippen LogP contribution in [0.5, 0.6) is 0 Å². The largest absolute Gasteiger partial charge is 0.352 e. The number of sulfonamides is 1. The molecule has 0 saturated carbocycles. The van der Waals surface area contributed by atoms with E-state index in [2.05, 4.69) is 5.32 Å². The highest BCUT2D eigenvalue weighted by Crippen LogP contribution is 2.26. The van der Waals surface area contributed by atoms with Crippen molar-refractivity contribution in [2.45, 2.75) is 58.1 Å². The van der Waals surface area contributed by atoms with Crippen LogP contribution in [0.1, 0.15) is 37.5 Å². The van der Waals surface area contributed by atoms with Crippen molar-refractivity contribution in [3.05, 3.63) is 94.5 Å². The first-order chi connectivity index (χ1) is 17.9. The second kappa shape index (κ2) is 12.5. The number of amides is 2. The van der Waals surface area contributed by atoms with Gasteiger partial charge in [0.15, 0.2) is 0 Å². The van der Waals surface area contributed by atoms with Gasteiger partial charge in [-0.1, -0.05) is 53.6 Å². The van der Waals surface area contributed by atoms with Gasteiger partial charge in [-0.3, -0.25) is 13.9 Å². The summed E-state index contributed by atoms with van der Waals surface area (Å²) in [5.74, 6) is -0.819. The van der Waals surface area contributed by atoms with E-state index in [0.717, 1.165) is 21.0 Å². The molecule has 0 unspecified atom stereocenters. The van der Waals surface area contributed by atoms with Crippen LogP contribution in [-0.4, -0.2) is 43.8 Å². The minimum absolute atomic E-state index is 0.00652. The highest BCUT2D eigenvalue weighted by atomic mass is 35.5. The van der Waals surface area contributed by atoms with Crippen LogP contribution in [0.2, 0.25) is 5.02 Å². The van der Waals surface area contributed by atoms with Crippen LogP contribution < -0.4 is 9.62 Å². The third kappa shape index (κ3) is 7.36. The lowest BCUT2D eigenvalue weighted by Gasteiger charge is -2.32. The topological polar surface area (TPSA) is 86.8 Å². The molecule has 0 spiro atoms. The number of nitrogens with one attached hydrogen (secondary N) is 1. The minimum atomic E-state index is -4.13. The van der Waals surface area contributed by atoms with Crippen LogP contribution in [0, 0.1) is 13.8 Å². The summed E-state index contributed by atoms with van der Waals surface area (Å²) >= 11 is 5.99. The average molecular weight is 556 g/mol. The van der Waals surface area contributed by atoms with Gasteiger partial charge in [-0.15, -0.1) is 0 Å². The van der Waals surface area contributed by atoms with Gasteiger partial charge >= 0.3 is 0 Å². The Hall–Kier alpha value is -3.36. The molecule has 0 fully saturated rings. The summed E-state index contributed by atoms with van der Waals surface area (Å²) in [6, 6.07) is 19.5. The van der Waals surface area contributed by atoms with E-state index in [4.69, 9.17) is 11.6 Å². The predicted octanol–water partition coefficient (Wildman–Crippen LogP) is 5.09. The smallest absolute Gasteiger partial charge is 0.264 e. The second-order valence-electron chi connectivity index (χ2n) is 9.65. The Bertz CT molecular complexity index is 1390. The lowest BCUT2D eigenvalue weighted by molar-refractivity contribution is -0.139. The Labute approximate surface area is 230 Å². The first-order valence-corrected chi connectivity index (χ1v) is 14.2. The van der Waals surface area contributed by atoms with Crippen molar-refractivity contribution < 1.29 is 18.0 Å². The monoisotopic (exact) mass is 555 g/mol. The van der Waals surface area contributed by atoms with Crippen LogP contribution >= 0.6 is 11.6 Å². The van der Waals surface area contributed by atoms with Crippen molar-refractivity contribution in [1.29, 1.82) is 0 Å². The molecular formula is C29H34ClN3O4S. The number of hydrogen-bond acceptors (Lipinski definition) is 4. The van der Waals surface area contributed by atoms with Crippen molar-refractivity contribution in [3.8, 4) is 0 Å². The third-order valence-electron chi connectivity index (χ3n) is 6.00. The molecule has 0 aromatic heterocycles. The van der Waals surface area contributed by atoms with Gasteiger partial charge in [-0.2, -0.15) is 0 Å². The Morgan fingerprint density at radius 2 is 1.50 bits per heavy atom. The van der Waals surface area contributed by atoms with E-state index >= 15 is 0 Å². The van der Waals surface area contributed by atoms with Crippen molar-refractivity contribution >= 4 is 39.1 Å². The average Bonchev–Trinajstić information content (AvgIpc) is 2.85. The van der Waals surface area contributed by atoms with Gasteiger partial charge in [0.25, 0.3) is 10.0 Å². The summed E-state index contributed by atoms with van der Waals surface area (Å²) in [4.78, 5) is 28.3. The van der Waals surface area contributed by atoms with E-state index in [9.17, 15) is 18.0 Å². The number of anilines is 1. The van der Waals surface area contributed by atoms with Gasteiger partial charge in [-0.05, 0) is 82.1 Å². The fourth-order valence-corrected chi connectivity index (χ4v) is 5.57. The number of carbonyl (C=O) groups excluding carboxylic acids is 2. The number of benzene rings is 3. The number of rotatable bonds is 10. The normalized spacial score (nSPS) is 12.2. The highest BCUT2D eigenvalue weighted by molar-refractivity contribution is 7.92. The van der Waals surface area contributed by atoms with Gasteiger partial charge in [0.1, 0.15) is 12.6 Å². The summed E-state index contributed by atoms with van der Waals surface area (Å²) < 4.78 is 28.7. The van der Waals surface area contributed by atoms with E-state index in [0.29, 0.717) is 10.7 Å². The fourth-order valence-electron chi connectivity index (χ4n) is 4.04. The molecule has 0 aliphatic carbocycles. The van der Waals surface area contributed by atoms with Crippen molar-refractivity contribution in [1.82, 2.24) is 10.2 Å². The Balaban J connectivity index is 2.03. The van der Waals surface area contributed by atoms with Crippen LogP contribution in [0.4, 0.5) is 5.69 Å². The Morgan fingerprint density at radius 3 is 2.08 bits per heavy atom. The van der Waals surface area contributed by atoms with Crippen molar-refractivity contribution in [2.24, 2.45) is 0 Å². The summed E-state index contributed by atoms with van der Waals surface area (Å²) in [5.41, 5.74) is 3.04. The lowest BCUT2D eigenvalue weighted by atomic mass is 10.1. The van der Waals surface area contributed by atoms with Gasteiger partial charge in [0, 0.05) is 17.6 Å². The highest BCUT2D eigenvalue weighted by Gasteiger charge is 2.32. The molecule has 202 valence electrons. The van der Waals surface area contributed by atoms with Crippen molar-refractivity contribution in [2.75, 3.05) is 10.8 Å². The molecule has 3 aromatic rings. The van der Waals surface area contributed by atoms with E-state index in [1.54, 1.807) is 25.1 Å². The SMILES string of the molecule is Cc1cccc(CN(C(=O)CN(c2cccc(C)c2)S(=O)(=O)c2ccc(Cl)cc2)[C@@H](C)C(=O)NC(C)C)c1. The fraction of sp³-hybridized carbons (Fsp3) is 0.310. The zero-order valence-corrected chi connectivity index (χ0v) is 23.9. The van der Waals surface area contributed by atoms with Crippen molar-refractivity contribution in [3.63, 3.8) is 0 Å². The number of hydrogen-bond donors (Lipinski definition) is 1. The summed E-state index contributed by atoms with van der Waals surface area (Å²) in [6.07, 6.45) is 0. The molecule has 0 saturated heterocycles. The maximum atomic E-state index is 13.9. The van der Waals surface area contributed by atoms with E-state index in [1.807, 2.05) is 58.0 Å².